The molecule has 0 radical (unpaired) electrons. The summed E-state index contributed by atoms with van der Waals surface area (Å²) in [5.41, 5.74) is 0.904. The molecule has 1 saturated heterocycles. The molecule has 5 nitrogen and oxygen atoms in total. The Hall–Kier alpha value is -1.71. The molecule has 2 atom stereocenters. The number of carbonyl (C=O) groups is 1. The van der Waals surface area contributed by atoms with E-state index < -0.39 is 12.0 Å². The van der Waals surface area contributed by atoms with Crippen molar-refractivity contribution < 1.29 is 20.0 Å². The lowest BCUT2D eigenvalue weighted by atomic mass is 10.2. The zero-order valence-corrected chi connectivity index (χ0v) is 10.4. The van der Waals surface area contributed by atoms with Gasteiger partial charge >= 0.3 is 0 Å². The summed E-state index contributed by atoms with van der Waals surface area (Å²) in [5, 5.41) is 21.1. The van der Waals surface area contributed by atoms with Gasteiger partial charge in [-0.1, -0.05) is 23.9 Å². The highest BCUT2D eigenvalue weighted by atomic mass is 32.2. The molecule has 1 fully saturated rings. The van der Waals surface area contributed by atoms with Crippen molar-refractivity contribution in [1.82, 2.24) is 0 Å². The van der Waals surface area contributed by atoms with Gasteiger partial charge in [-0.2, -0.15) is 5.26 Å². The molecule has 1 aliphatic rings. The lowest BCUT2D eigenvalue weighted by molar-refractivity contribution is -0.690. The number of carboxylic acids is 1. The van der Waals surface area contributed by atoms with Crippen molar-refractivity contribution in [3.05, 3.63) is 29.8 Å². The first-order valence-corrected chi connectivity index (χ1v) is 6.53. The third kappa shape index (κ3) is 2.75. The number of hydrogen-bond donors (Lipinski definition) is 1. The Morgan fingerprint density at radius 1 is 1.61 bits per heavy atom. The lowest BCUT2D eigenvalue weighted by Crippen LogP contribution is -2.90. The molecular formula is C12H12N2O3S. The Balaban J connectivity index is 2.14. The minimum atomic E-state index is -1.04. The smallest absolute Gasteiger partial charge is 0.174 e. The second kappa shape index (κ2) is 5.76. The number of aliphatic carboxylic acids is 1. The number of thioether (sulfide) groups is 1. The van der Waals surface area contributed by atoms with Crippen molar-refractivity contribution in [1.29, 1.82) is 5.26 Å². The van der Waals surface area contributed by atoms with Gasteiger partial charge in [0.15, 0.2) is 12.0 Å². The number of carboxylic acid groups (broad SMARTS) is 1. The molecule has 1 heterocycles. The fourth-order valence-electron chi connectivity index (χ4n) is 1.83. The number of benzene rings is 1. The van der Waals surface area contributed by atoms with E-state index in [1.165, 1.54) is 0 Å². The van der Waals surface area contributed by atoms with E-state index >= 15 is 0 Å². The number of rotatable bonds is 4. The van der Waals surface area contributed by atoms with Crippen molar-refractivity contribution in [2.45, 2.75) is 11.4 Å². The molecule has 0 amide bonds. The highest BCUT2D eigenvalue weighted by Gasteiger charge is 2.32. The molecule has 0 bridgehead atoms. The predicted octanol–water partition coefficient (Wildman–Crippen LogP) is -0.984. The molecule has 0 saturated carbocycles. The SMILES string of the molecule is N#CCOc1ccccc1[C@@H]1[NH2+][C@@H](C(=O)[O-])CS1. The number of para-hydroxylation sites is 1. The fourth-order valence-corrected chi connectivity index (χ4v) is 3.16. The number of hydrogen-bond acceptors (Lipinski definition) is 5. The molecule has 6 heteroatoms. The average Bonchev–Trinajstić information content (AvgIpc) is 2.86. The van der Waals surface area contributed by atoms with Crippen LogP contribution in [0.1, 0.15) is 10.9 Å². The number of nitriles is 1. The summed E-state index contributed by atoms with van der Waals surface area (Å²) in [4.78, 5) is 10.8. The zero-order chi connectivity index (χ0) is 13.0. The normalized spacial score (nSPS) is 22.4. The van der Waals surface area contributed by atoms with Crippen LogP contribution < -0.4 is 15.2 Å². The van der Waals surface area contributed by atoms with E-state index in [0.29, 0.717) is 11.5 Å². The maximum Gasteiger partial charge on any atom is 0.174 e. The predicted molar refractivity (Wildman–Crippen MR) is 63.5 cm³/mol. The van der Waals surface area contributed by atoms with Gasteiger partial charge < -0.3 is 20.0 Å². The summed E-state index contributed by atoms with van der Waals surface area (Å²) >= 11 is 1.54. The number of nitrogens with zero attached hydrogens (tertiary/aromatic N) is 1. The van der Waals surface area contributed by atoms with Crippen molar-refractivity contribution in [3.63, 3.8) is 0 Å². The first-order valence-electron chi connectivity index (χ1n) is 5.48. The molecular weight excluding hydrogens is 252 g/mol. The standard InChI is InChI=1S/C12H12N2O3S/c13-5-6-17-10-4-2-1-3-8(10)11-14-9(7-18-11)12(15)16/h1-4,9,11,14H,6-7H2,(H,15,16)/t9-,11-/m1/s1. The van der Waals surface area contributed by atoms with Gasteiger partial charge in [0.2, 0.25) is 0 Å². The van der Waals surface area contributed by atoms with E-state index in [0.717, 1.165) is 5.56 Å². The summed E-state index contributed by atoms with van der Waals surface area (Å²) in [6.07, 6.45) is 0. The number of ether oxygens (including phenoxy) is 1. The molecule has 0 spiro atoms. The molecule has 0 unspecified atom stereocenters. The Bertz CT molecular complexity index is 486. The van der Waals surface area contributed by atoms with Crippen LogP contribution in [0.2, 0.25) is 0 Å². The minimum absolute atomic E-state index is 0.0156. The Morgan fingerprint density at radius 3 is 3.06 bits per heavy atom. The molecule has 2 N–H and O–H groups in total. The molecule has 1 aromatic rings. The van der Waals surface area contributed by atoms with Crippen molar-refractivity contribution >= 4 is 17.7 Å². The summed E-state index contributed by atoms with van der Waals surface area (Å²) < 4.78 is 5.34. The van der Waals surface area contributed by atoms with Gasteiger partial charge in [0, 0.05) is 0 Å². The van der Waals surface area contributed by atoms with Crippen molar-refractivity contribution in [2.75, 3.05) is 12.4 Å². The van der Waals surface area contributed by atoms with E-state index in [4.69, 9.17) is 10.00 Å². The first kappa shape index (κ1) is 12.7. The lowest BCUT2D eigenvalue weighted by Gasteiger charge is -2.14. The second-order valence-corrected chi connectivity index (χ2v) is 5.03. The number of carbonyl (C=O) groups excluding carboxylic acids is 1. The van der Waals surface area contributed by atoms with Gasteiger partial charge in [-0.15, -0.1) is 0 Å². The van der Waals surface area contributed by atoms with Crippen LogP contribution in [0.4, 0.5) is 0 Å². The summed E-state index contributed by atoms with van der Waals surface area (Å²) in [6, 6.07) is 8.76. The van der Waals surface area contributed by atoms with Gasteiger partial charge in [-0.3, -0.25) is 0 Å². The molecule has 2 rings (SSSR count). The Morgan fingerprint density at radius 2 is 2.39 bits per heavy atom. The van der Waals surface area contributed by atoms with E-state index in [1.54, 1.807) is 23.1 Å². The monoisotopic (exact) mass is 264 g/mol. The molecule has 94 valence electrons. The summed E-state index contributed by atoms with van der Waals surface area (Å²) in [6.45, 7) is -0.0156. The van der Waals surface area contributed by atoms with Gasteiger partial charge in [0.25, 0.3) is 0 Å². The molecule has 18 heavy (non-hydrogen) atoms. The number of nitrogens with two attached hydrogens (primary N) is 1. The van der Waals surface area contributed by atoms with Crippen LogP contribution in [0.15, 0.2) is 24.3 Å². The van der Waals surface area contributed by atoms with Gasteiger partial charge in [0.05, 0.1) is 11.3 Å². The van der Waals surface area contributed by atoms with Crippen LogP contribution in [-0.2, 0) is 4.79 Å². The largest absolute Gasteiger partial charge is 0.544 e. The third-order valence-electron chi connectivity index (χ3n) is 2.68. The van der Waals surface area contributed by atoms with Crippen LogP contribution in [0.25, 0.3) is 0 Å². The third-order valence-corrected chi connectivity index (χ3v) is 4.00. The highest BCUT2D eigenvalue weighted by molar-refractivity contribution is 7.99. The second-order valence-electron chi connectivity index (χ2n) is 3.86. The minimum Gasteiger partial charge on any atom is -0.544 e. The summed E-state index contributed by atoms with van der Waals surface area (Å²) in [7, 11) is 0. The van der Waals surface area contributed by atoms with Gasteiger partial charge in [-0.05, 0) is 12.1 Å². The molecule has 0 aliphatic carbocycles. The van der Waals surface area contributed by atoms with Crippen molar-refractivity contribution in [3.8, 4) is 11.8 Å². The fraction of sp³-hybridized carbons (Fsp3) is 0.333. The van der Waals surface area contributed by atoms with E-state index in [2.05, 4.69) is 0 Å². The Labute approximate surface area is 109 Å². The van der Waals surface area contributed by atoms with Gasteiger partial charge in [-0.25, -0.2) is 0 Å². The van der Waals surface area contributed by atoms with Crippen LogP contribution in [0.3, 0.4) is 0 Å². The van der Waals surface area contributed by atoms with E-state index in [-0.39, 0.29) is 12.0 Å². The topological polar surface area (TPSA) is 89.8 Å². The van der Waals surface area contributed by atoms with Crippen LogP contribution in [0, 0.1) is 11.3 Å². The number of quaternary nitrogens is 1. The average molecular weight is 264 g/mol. The van der Waals surface area contributed by atoms with E-state index in [9.17, 15) is 9.90 Å². The maximum absolute atomic E-state index is 10.8. The van der Waals surface area contributed by atoms with Crippen LogP contribution >= 0.6 is 11.8 Å². The highest BCUT2D eigenvalue weighted by Crippen LogP contribution is 2.32. The molecule has 1 aliphatic heterocycles. The van der Waals surface area contributed by atoms with Crippen LogP contribution in [0.5, 0.6) is 5.75 Å². The van der Waals surface area contributed by atoms with Crippen molar-refractivity contribution in [2.24, 2.45) is 0 Å². The maximum atomic E-state index is 10.8. The zero-order valence-electron chi connectivity index (χ0n) is 9.54. The Kier molecular flexibility index (Phi) is 4.07. The summed E-state index contributed by atoms with van der Waals surface area (Å²) in [5.74, 6) is 0.103. The quantitative estimate of drug-likeness (QED) is 0.754. The molecule has 0 aromatic heterocycles. The van der Waals surface area contributed by atoms with Gasteiger partial charge in [0.1, 0.15) is 23.8 Å². The molecule has 1 aromatic carbocycles. The first-order chi connectivity index (χ1) is 8.72. The van der Waals surface area contributed by atoms with Crippen LogP contribution in [-0.4, -0.2) is 24.4 Å². The van der Waals surface area contributed by atoms with E-state index in [1.807, 2.05) is 24.3 Å².